The molecule has 11 heteroatoms. The van der Waals surface area contributed by atoms with Crippen molar-refractivity contribution in [3.63, 3.8) is 0 Å². The van der Waals surface area contributed by atoms with E-state index in [4.69, 9.17) is 4.43 Å². The molecule has 0 saturated carbocycles. The van der Waals surface area contributed by atoms with Gasteiger partial charge in [0.15, 0.2) is 0 Å². The number of nitrogens with zero attached hydrogens (tertiary/aromatic N) is 4. The van der Waals surface area contributed by atoms with E-state index in [2.05, 4.69) is 65.4 Å². The average Bonchev–Trinajstić information content (AvgIpc) is 3.38. The fourth-order valence-electron chi connectivity index (χ4n) is 5.64. The van der Waals surface area contributed by atoms with Gasteiger partial charge in [0.2, 0.25) is 5.95 Å². The van der Waals surface area contributed by atoms with Crippen molar-refractivity contribution in [2.45, 2.75) is 58.4 Å². The largest absolute Gasteiger partial charge is 0.419 e. The number of hydrogen-bond acceptors (Lipinski definition) is 5. The fraction of sp³-hybridized carbons (Fsp3) is 0.265. The number of nitrogens with one attached hydrogen (secondary N) is 1. The molecule has 0 fully saturated rings. The molecule has 0 amide bonds. The maximum absolute atomic E-state index is 13.9. The highest BCUT2D eigenvalue weighted by Gasteiger charge is 2.51. The van der Waals surface area contributed by atoms with Gasteiger partial charge >= 0.3 is 6.18 Å². The number of hydrogen-bond donors (Lipinski definition) is 1. The van der Waals surface area contributed by atoms with Crippen LogP contribution in [0.5, 0.6) is 0 Å². The molecule has 6 nitrogen and oxygen atoms in total. The average molecular weight is 634 g/mol. The summed E-state index contributed by atoms with van der Waals surface area (Å²) in [6.45, 7) is 10.5. The molecule has 1 atom stereocenters. The third kappa shape index (κ3) is 6.84. The second-order valence-electron chi connectivity index (χ2n) is 12.0. The lowest BCUT2D eigenvalue weighted by molar-refractivity contribution is -0.139. The highest BCUT2D eigenvalue weighted by molar-refractivity contribution is 6.99. The van der Waals surface area contributed by atoms with Crippen LogP contribution in [-0.4, -0.2) is 34.2 Å². The fourth-order valence-corrected chi connectivity index (χ4v) is 10.3. The number of aromatic nitrogens is 4. The van der Waals surface area contributed by atoms with E-state index in [9.17, 15) is 17.6 Å². The van der Waals surface area contributed by atoms with Crippen molar-refractivity contribution in [1.82, 2.24) is 19.7 Å². The Hall–Kier alpha value is -4.35. The standard InChI is InChI=1S/C34H35F4N5OSi/c1-23-20-26(18-19-39-23)43-31(41-32(42-43)40-25-16-17-30(35)29(22-25)34(36,37)38)21-24(2)44-45(33(3,4)5,27-12-8-6-9-13-27)28-14-10-7-11-15-28/h6-20,22,24H,21H2,1-5H3,(H,40,42)/t24-/m0/s1. The van der Waals surface area contributed by atoms with Gasteiger partial charge in [0, 0.05) is 24.0 Å². The van der Waals surface area contributed by atoms with Crippen LogP contribution < -0.4 is 15.7 Å². The first-order valence-corrected chi connectivity index (χ1v) is 16.5. The van der Waals surface area contributed by atoms with Gasteiger partial charge in [-0.15, -0.1) is 5.10 Å². The number of halogens is 4. The minimum atomic E-state index is -4.85. The molecule has 0 unspecified atom stereocenters. The third-order valence-corrected chi connectivity index (χ3v) is 12.8. The van der Waals surface area contributed by atoms with Gasteiger partial charge in [-0.25, -0.2) is 9.07 Å². The summed E-state index contributed by atoms with van der Waals surface area (Å²) in [6, 6.07) is 26.9. The lowest BCUT2D eigenvalue weighted by Gasteiger charge is -2.44. The summed E-state index contributed by atoms with van der Waals surface area (Å²) in [5.41, 5.74) is 0.0818. The van der Waals surface area contributed by atoms with Crippen LogP contribution >= 0.6 is 0 Å². The lowest BCUT2D eigenvalue weighted by atomic mass is 10.2. The number of rotatable bonds is 9. The summed E-state index contributed by atoms with van der Waals surface area (Å²) in [7, 11) is -2.88. The molecule has 0 spiro atoms. The zero-order chi connectivity index (χ0) is 32.4. The van der Waals surface area contributed by atoms with Gasteiger partial charge in [-0.2, -0.15) is 18.2 Å². The predicted octanol–water partition coefficient (Wildman–Crippen LogP) is 7.38. The van der Waals surface area contributed by atoms with E-state index >= 15 is 0 Å². The Morgan fingerprint density at radius 3 is 2.07 bits per heavy atom. The molecule has 45 heavy (non-hydrogen) atoms. The molecular weight excluding hydrogens is 598 g/mol. The van der Waals surface area contributed by atoms with Crippen molar-refractivity contribution in [3.8, 4) is 5.69 Å². The summed E-state index contributed by atoms with van der Waals surface area (Å²) in [5.74, 6) is -0.752. The second kappa shape index (κ2) is 12.6. The van der Waals surface area contributed by atoms with Gasteiger partial charge in [0.05, 0.1) is 17.4 Å². The van der Waals surface area contributed by atoms with Crippen LogP contribution in [-0.2, 0) is 17.0 Å². The minimum absolute atomic E-state index is 0.00921. The van der Waals surface area contributed by atoms with Gasteiger partial charge in [-0.05, 0) is 59.6 Å². The van der Waals surface area contributed by atoms with E-state index in [-0.39, 0.29) is 22.8 Å². The van der Waals surface area contributed by atoms with Crippen LogP contribution in [0.1, 0.15) is 44.8 Å². The van der Waals surface area contributed by atoms with Crippen molar-refractivity contribution in [1.29, 1.82) is 0 Å². The van der Waals surface area contributed by atoms with Gasteiger partial charge in [-0.3, -0.25) is 4.98 Å². The molecule has 5 rings (SSSR count). The Labute approximate surface area is 261 Å². The molecule has 1 N–H and O–H groups in total. The Bertz CT molecular complexity index is 1710. The van der Waals surface area contributed by atoms with Crippen LogP contribution in [0.25, 0.3) is 5.69 Å². The van der Waals surface area contributed by atoms with Gasteiger partial charge < -0.3 is 9.74 Å². The summed E-state index contributed by atoms with van der Waals surface area (Å²) in [6.07, 6.45) is -3.18. The molecule has 0 bridgehead atoms. The molecule has 2 aromatic heterocycles. The molecule has 5 aromatic rings. The molecule has 0 aliphatic heterocycles. The molecular formula is C34H35F4N5OSi. The molecule has 2 heterocycles. The topological polar surface area (TPSA) is 64.9 Å². The molecule has 0 aliphatic carbocycles. The molecule has 0 aliphatic rings. The predicted molar refractivity (Wildman–Crippen MR) is 170 cm³/mol. The zero-order valence-electron chi connectivity index (χ0n) is 25.7. The van der Waals surface area contributed by atoms with E-state index in [0.29, 0.717) is 24.0 Å². The summed E-state index contributed by atoms with van der Waals surface area (Å²) in [5, 5.41) is 9.46. The van der Waals surface area contributed by atoms with E-state index in [1.54, 1.807) is 16.9 Å². The van der Waals surface area contributed by atoms with Crippen LogP contribution in [0.2, 0.25) is 5.04 Å². The second-order valence-corrected chi connectivity index (χ2v) is 16.3. The molecule has 3 aromatic carbocycles. The first kappa shape index (κ1) is 32.1. The first-order valence-electron chi connectivity index (χ1n) is 14.6. The van der Waals surface area contributed by atoms with E-state index < -0.39 is 25.9 Å². The normalized spacial score (nSPS) is 13.1. The zero-order valence-corrected chi connectivity index (χ0v) is 26.7. The van der Waals surface area contributed by atoms with Crippen molar-refractivity contribution in [2.75, 3.05) is 5.32 Å². The first-order chi connectivity index (χ1) is 21.3. The smallest absolute Gasteiger partial charge is 0.404 e. The number of aryl methyl sites for hydroxylation is 1. The highest BCUT2D eigenvalue weighted by Crippen LogP contribution is 2.38. The Kier molecular flexibility index (Phi) is 8.95. The van der Waals surface area contributed by atoms with E-state index in [1.807, 2.05) is 56.3 Å². The van der Waals surface area contributed by atoms with Crippen molar-refractivity contribution >= 4 is 30.3 Å². The Balaban J connectivity index is 1.54. The van der Waals surface area contributed by atoms with Gasteiger partial charge in [0.1, 0.15) is 11.6 Å². The molecule has 0 saturated heterocycles. The Morgan fingerprint density at radius 2 is 1.51 bits per heavy atom. The van der Waals surface area contributed by atoms with Gasteiger partial charge in [-0.1, -0.05) is 81.4 Å². The van der Waals surface area contributed by atoms with Crippen LogP contribution in [0.3, 0.4) is 0 Å². The summed E-state index contributed by atoms with van der Waals surface area (Å²) < 4.78 is 63.0. The minimum Gasteiger partial charge on any atom is -0.404 e. The third-order valence-electron chi connectivity index (χ3n) is 7.59. The van der Waals surface area contributed by atoms with Crippen LogP contribution in [0, 0.1) is 12.7 Å². The maximum Gasteiger partial charge on any atom is 0.419 e. The maximum atomic E-state index is 13.9. The van der Waals surface area contributed by atoms with Crippen LogP contribution in [0.15, 0.2) is 97.2 Å². The number of pyridine rings is 1. The van der Waals surface area contributed by atoms with Gasteiger partial charge in [0.25, 0.3) is 8.32 Å². The summed E-state index contributed by atoms with van der Waals surface area (Å²) >= 11 is 0. The molecule has 234 valence electrons. The lowest BCUT2D eigenvalue weighted by Crippen LogP contribution is -2.67. The highest BCUT2D eigenvalue weighted by atomic mass is 28.4. The van der Waals surface area contributed by atoms with Crippen molar-refractivity contribution in [3.05, 3.63) is 120 Å². The number of alkyl halides is 3. The van der Waals surface area contributed by atoms with Crippen molar-refractivity contribution in [2.24, 2.45) is 0 Å². The Morgan fingerprint density at radius 1 is 0.889 bits per heavy atom. The number of anilines is 2. The van der Waals surface area contributed by atoms with E-state index in [0.717, 1.165) is 22.1 Å². The summed E-state index contributed by atoms with van der Waals surface area (Å²) in [4.78, 5) is 8.96. The van der Waals surface area contributed by atoms with Crippen molar-refractivity contribution < 1.29 is 22.0 Å². The van der Waals surface area contributed by atoms with E-state index in [1.165, 1.54) is 6.07 Å². The SMILES string of the molecule is Cc1cc(-n2nc(Nc3ccc(F)c(C(F)(F)F)c3)nc2C[C@H](C)O[Si](c2ccccc2)(c2ccccc2)C(C)(C)C)ccn1. The molecule has 0 radical (unpaired) electrons. The monoisotopic (exact) mass is 633 g/mol. The van der Waals surface area contributed by atoms with Crippen LogP contribution in [0.4, 0.5) is 29.2 Å². The quantitative estimate of drug-likeness (QED) is 0.136. The number of benzene rings is 3.